The molecule has 0 fully saturated rings. The van der Waals surface area contributed by atoms with Crippen LogP contribution in [0.5, 0.6) is 5.75 Å². The highest BCUT2D eigenvalue weighted by molar-refractivity contribution is 5.88. The molecule has 15 heavy (non-hydrogen) atoms. The van der Waals surface area contributed by atoms with Crippen molar-refractivity contribution in [2.45, 2.75) is 6.92 Å². The molecule has 0 spiro atoms. The van der Waals surface area contributed by atoms with Crippen LogP contribution in [0.15, 0.2) is 6.07 Å². The number of rotatable bonds is 3. The van der Waals surface area contributed by atoms with Crippen LogP contribution in [0.2, 0.25) is 0 Å². The smallest absolute Gasteiger partial charge is 0.338 e. The van der Waals surface area contributed by atoms with E-state index in [0.29, 0.717) is 0 Å². The first-order valence-corrected chi connectivity index (χ1v) is 4.02. The predicted octanol–water partition coefficient (Wildman–Crippen LogP) is 2.20. The van der Waals surface area contributed by atoms with Gasteiger partial charge in [-0.25, -0.2) is 13.6 Å². The maximum atomic E-state index is 13.2. The second-order valence-electron chi connectivity index (χ2n) is 2.60. The Labute approximate surface area is 83.1 Å². The topological polar surface area (TPSA) is 46.5 Å². The fourth-order valence-corrected chi connectivity index (χ4v) is 1.01. The lowest BCUT2D eigenvalue weighted by Crippen LogP contribution is -2.08. The molecule has 0 unspecified atom stereocenters. The first-order chi connectivity index (χ1) is 6.99. The van der Waals surface area contributed by atoms with Crippen LogP contribution in [0.4, 0.5) is 13.2 Å². The molecule has 0 aliphatic heterocycles. The van der Waals surface area contributed by atoms with Crippen LogP contribution in [0.3, 0.4) is 0 Å². The number of carbonyl (C=O) groups is 1. The van der Waals surface area contributed by atoms with E-state index in [1.165, 1.54) is 6.92 Å². The SMILES string of the molecule is CCOc1c(F)c(F)cc(C(=O)O)c1F. The molecular weight excluding hydrogens is 213 g/mol. The first-order valence-electron chi connectivity index (χ1n) is 4.02. The number of halogens is 3. The summed E-state index contributed by atoms with van der Waals surface area (Å²) in [6, 6.07) is 0.273. The molecule has 0 saturated carbocycles. The molecule has 1 N–H and O–H groups in total. The lowest BCUT2D eigenvalue weighted by molar-refractivity contribution is 0.0689. The molecule has 0 saturated heterocycles. The zero-order valence-corrected chi connectivity index (χ0v) is 7.68. The Hall–Kier alpha value is -1.72. The Kier molecular flexibility index (Phi) is 3.18. The molecule has 1 rings (SSSR count). The molecule has 1 aromatic rings. The van der Waals surface area contributed by atoms with Gasteiger partial charge in [0.2, 0.25) is 5.82 Å². The van der Waals surface area contributed by atoms with Crippen LogP contribution in [-0.4, -0.2) is 17.7 Å². The van der Waals surface area contributed by atoms with E-state index in [2.05, 4.69) is 4.74 Å². The molecule has 0 amide bonds. The molecule has 6 heteroatoms. The van der Waals surface area contributed by atoms with Crippen molar-refractivity contribution in [3.63, 3.8) is 0 Å². The standard InChI is InChI=1S/C9H7F3O3/c1-2-15-8-6(11)4(9(13)14)3-5(10)7(8)12/h3H,2H2,1H3,(H,13,14). The molecule has 0 aliphatic carbocycles. The zero-order valence-electron chi connectivity index (χ0n) is 7.68. The molecule has 0 atom stereocenters. The maximum absolute atomic E-state index is 13.2. The summed E-state index contributed by atoms with van der Waals surface area (Å²) in [5, 5.41) is 8.49. The number of carboxylic acid groups (broad SMARTS) is 1. The molecule has 0 radical (unpaired) electrons. The van der Waals surface area contributed by atoms with Gasteiger partial charge in [0.05, 0.1) is 6.61 Å². The summed E-state index contributed by atoms with van der Waals surface area (Å²) < 4.78 is 43.5. The van der Waals surface area contributed by atoms with Gasteiger partial charge in [-0.1, -0.05) is 0 Å². The van der Waals surface area contributed by atoms with Crippen molar-refractivity contribution in [1.82, 2.24) is 0 Å². The summed E-state index contributed by atoms with van der Waals surface area (Å²) in [5.74, 6) is -7.10. The Morgan fingerprint density at radius 3 is 2.47 bits per heavy atom. The number of aromatic carboxylic acids is 1. The van der Waals surface area contributed by atoms with Crippen molar-refractivity contribution in [2.24, 2.45) is 0 Å². The minimum Gasteiger partial charge on any atom is -0.488 e. The van der Waals surface area contributed by atoms with Crippen molar-refractivity contribution in [3.05, 3.63) is 29.1 Å². The van der Waals surface area contributed by atoms with Gasteiger partial charge in [0.1, 0.15) is 5.56 Å². The Balaban J connectivity index is 3.41. The molecule has 0 aromatic heterocycles. The third-order valence-electron chi connectivity index (χ3n) is 1.64. The summed E-state index contributed by atoms with van der Waals surface area (Å²) in [5.41, 5.74) is -0.961. The fourth-order valence-electron chi connectivity index (χ4n) is 1.01. The van der Waals surface area contributed by atoms with Crippen LogP contribution >= 0.6 is 0 Å². The van der Waals surface area contributed by atoms with Gasteiger partial charge >= 0.3 is 5.97 Å². The minimum absolute atomic E-state index is 0.101. The summed E-state index contributed by atoms with van der Waals surface area (Å²) >= 11 is 0. The van der Waals surface area contributed by atoms with Gasteiger partial charge in [-0.3, -0.25) is 0 Å². The fraction of sp³-hybridized carbons (Fsp3) is 0.222. The van der Waals surface area contributed by atoms with E-state index < -0.39 is 34.7 Å². The first kappa shape index (κ1) is 11.4. The highest BCUT2D eigenvalue weighted by Gasteiger charge is 2.23. The molecule has 0 bridgehead atoms. The van der Waals surface area contributed by atoms with Crippen molar-refractivity contribution in [1.29, 1.82) is 0 Å². The van der Waals surface area contributed by atoms with Crippen LogP contribution < -0.4 is 4.74 Å². The molecule has 3 nitrogen and oxygen atoms in total. The lowest BCUT2D eigenvalue weighted by atomic mass is 10.2. The molecule has 0 heterocycles. The zero-order chi connectivity index (χ0) is 11.6. The third kappa shape index (κ3) is 2.03. The molecule has 1 aromatic carbocycles. The largest absolute Gasteiger partial charge is 0.488 e. The number of hydrogen-bond donors (Lipinski definition) is 1. The highest BCUT2D eigenvalue weighted by atomic mass is 19.2. The summed E-state index contributed by atoms with van der Waals surface area (Å²) in [6.45, 7) is 1.33. The van der Waals surface area contributed by atoms with Gasteiger partial charge in [-0.15, -0.1) is 0 Å². The molecule has 82 valence electrons. The van der Waals surface area contributed by atoms with Crippen molar-refractivity contribution < 1.29 is 27.8 Å². The van der Waals surface area contributed by atoms with Crippen molar-refractivity contribution in [3.8, 4) is 5.75 Å². The van der Waals surface area contributed by atoms with Gasteiger partial charge in [0, 0.05) is 0 Å². The van der Waals surface area contributed by atoms with Crippen LogP contribution in [0.25, 0.3) is 0 Å². The van der Waals surface area contributed by atoms with Crippen molar-refractivity contribution in [2.75, 3.05) is 6.61 Å². The molecular formula is C9H7F3O3. The van der Waals surface area contributed by atoms with E-state index in [9.17, 15) is 18.0 Å². The Bertz CT molecular complexity index is 404. The minimum atomic E-state index is -1.69. The molecule has 0 aliphatic rings. The predicted molar refractivity (Wildman–Crippen MR) is 44.4 cm³/mol. The number of carboxylic acids is 1. The van der Waals surface area contributed by atoms with E-state index in [1.54, 1.807) is 0 Å². The van der Waals surface area contributed by atoms with Crippen LogP contribution in [0, 0.1) is 17.5 Å². The second kappa shape index (κ2) is 4.20. The average molecular weight is 220 g/mol. The number of benzene rings is 1. The van der Waals surface area contributed by atoms with Crippen LogP contribution in [-0.2, 0) is 0 Å². The van der Waals surface area contributed by atoms with Gasteiger partial charge in [0.25, 0.3) is 0 Å². The van der Waals surface area contributed by atoms with Crippen molar-refractivity contribution >= 4 is 5.97 Å². The van der Waals surface area contributed by atoms with E-state index >= 15 is 0 Å². The summed E-state index contributed by atoms with van der Waals surface area (Å²) in [7, 11) is 0. The van der Waals surface area contributed by atoms with Crippen LogP contribution in [0.1, 0.15) is 17.3 Å². The summed E-state index contributed by atoms with van der Waals surface area (Å²) in [6.07, 6.45) is 0. The van der Waals surface area contributed by atoms with E-state index in [1.807, 2.05) is 0 Å². The van der Waals surface area contributed by atoms with Gasteiger partial charge in [-0.2, -0.15) is 4.39 Å². The quantitative estimate of drug-likeness (QED) is 0.794. The van der Waals surface area contributed by atoms with Gasteiger partial charge in [-0.05, 0) is 13.0 Å². The highest BCUT2D eigenvalue weighted by Crippen LogP contribution is 2.27. The van der Waals surface area contributed by atoms with Gasteiger partial charge < -0.3 is 9.84 Å². The van der Waals surface area contributed by atoms with E-state index in [0.717, 1.165) is 0 Å². The van der Waals surface area contributed by atoms with E-state index in [-0.39, 0.29) is 12.7 Å². The van der Waals surface area contributed by atoms with E-state index in [4.69, 9.17) is 5.11 Å². The Morgan fingerprint density at radius 1 is 1.40 bits per heavy atom. The lowest BCUT2D eigenvalue weighted by Gasteiger charge is -2.08. The normalized spacial score (nSPS) is 10.1. The number of ether oxygens (including phenoxy) is 1. The summed E-state index contributed by atoms with van der Waals surface area (Å²) in [4.78, 5) is 10.5. The number of hydrogen-bond acceptors (Lipinski definition) is 2. The Morgan fingerprint density at radius 2 is 2.00 bits per heavy atom. The maximum Gasteiger partial charge on any atom is 0.338 e. The monoisotopic (exact) mass is 220 g/mol. The van der Waals surface area contributed by atoms with Gasteiger partial charge in [0.15, 0.2) is 17.4 Å². The average Bonchev–Trinajstić information content (AvgIpc) is 2.18. The third-order valence-corrected chi connectivity index (χ3v) is 1.64. The second-order valence-corrected chi connectivity index (χ2v) is 2.60.